The van der Waals surface area contributed by atoms with E-state index in [9.17, 15) is 19.2 Å². The van der Waals surface area contributed by atoms with E-state index in [1.165, 1.54) is 29.0 Å². The highest BCUT2D eigenvalue weighted by atomic mass is 19.1. The molecule has 39 heavy (non-hydrogen) atoms. The summed E-state index contributed by atoms with van der Waals surface area (Å²) in [4.78, 5) is 35.9. The van der Waals surface area contributed by atoms with Crippen LogP contribution in [0.25, 0.3) is 16.5 Å². The minimum absolute atomic E-state index is 0.0132. The molecule has 10 heteroatoms. The summed E-state index contributed by atoms with van der Waals surface area (Å²) < 4.78 is 21.9. The largest absolute Gasteiger partial charge is 0.493 e. The molecule has 3 aromatic carbocycles. The van der Waals surface area contributed by atoms with Gasteiger partial charge in [-0.15, -0.1) is 0 Å². The summed E-state index contributed by atoms with van der Waals surface area (Å²) in [6.45, 7) is 2.39. The van der Waals surface area contributed by atoms with Crippen LogP contribution in [0.5, 0.6) is 5.75 Å². The fourth-order valence-corrected chi connectivity index (χ4v) is 4.74. The Morgan fingerprint density at radius 1 is 1.13 bits per heavy atom. The summed E-state index contributed by atoms with van der Waals surface area (Å²) in [7, 11) is 0. The molecule has 0 atom stereocenters. The smallest absolute Gasteiger partial charge is 0.359 e. The Hall–Kier alpha value is -5.30. The molecule has 2 aromatic heterocycles. The van der Waals surface area contributed by atoms with E-state index in [1.54, 1.807) is 18.3 Å². The highest BCUT2D eigenvalue weighted by Crippen LogP contribution is 2.32. The average Bonchev–Trinajstić information content (AvgIpc) is 3.39. The fraction of sp³-hybridized carbons (Fsp3) is 0.138. The summed E-state index contributed by atoms with van der Waals surface area (Å²) in [6.07, 6.45) is 3.83. The Kier molecular flexibility index (Phi) is 5.88. The van der Waals surface area contributed by atoms with Crippen molar-refractivity contribution in [3.8, 4) is 17.5 Å². The molecule has 1 aliphatic heterocycles. The predicted molar refractivity (Wildman–Crippen MR) is 143 cm³/mol. The van der Waals surface area contributed by atoms with E-state index < -0.39 is 17.2 Å². The molecule has 0 amide bonds. The molecule has 0 bridgehead atoms. The second-order valence-corrected chi connectivity index (χ2v) is 9.23. The monoisotopic (exact) mass is 520 g/mol. The molecule has 5 aromatic rings. The Balaban J connectivity index is 1.55. The van der Waals surface area contributed by atoms with Crippen molar-refractivity contribution in [2.24, 2.45) is 0 Å². The van der Waals surface area contributed by atoms with Crippen LogP contribution in [-0.4, -0.2) is 25.7 Å². The molecule has 0 fully saturated rings. The number of nitrogens with zero attached hydrogens (tertiary/aromatic N) is 5. The van der Waals surface area contributed by atoms with Crippen LogP contribution in [0.2, 0.25) is 0 Å². The third kappa shape index (κ3) is 4.30. The van der Waals surface area contributed by atoms with Gasteiger partial charge in [-0.1, -0.05) is 30.3 Å². The molecule has 0 unspecified atom stereocenters. The van der Waals surface area contributed by atoms with Gasteiger partial charge in [0, 0.05) is 29.1 Å². The van der Waals surface area contributed by atoms with Gasteiger partial charge in [-0.2, -0.15) is 10.2 Å². The number of aromatic nitrogens is 4. The van der Waals surface area contributed by atoms with E-state index in [1.807, 2.05) is 37.3 Å². The SMILES string of the molecule is Cc1cc2c(cc1Nc1nc(=O)n(-c3cncc4ccccc34)c(=O)n1Cc1ccc(F)c(C#N)c1)CCO2. The first kappa shape index (κ1) is 24.1. The Morgan fingerprint density at radius 3 is 2.82 bits per heavy atom. The molecule has 9 nitrogen and oxygen atoms in total. The van der Waals surface area contributed by atoms with Crippen molar-refractivity contribution in [1.29, 1.82) is 5.26 Å². The van der Waals surface area contributed by atoms with Gasteiger partial charge in [0.1, 0.15) is 17.6 Å². The molecule has 0 saturated heterocycles. The lowest BCUT2D eigenvalue weighted by atomic mass is 10.1. The highest BCUT2D eigenvalue weighted by molar-refractivity contribution is 5.89. The lowest BCUT2D eigenvalue weighted by molar-refractivity contribution is 0.356. The van der Waals surface area contributed by atoms with Crippen molar-refractivity contribution >= 4 is 22.4 Å². The number of halogens is 1. The van der Waals surface area contributed by atoms with E-state index in [-0.39, 0.29) is 18.1 Å². The standard InChI is InChI=1S/C29H21FN6O3/c1-17-10-26-19(8-9-39-26)12-24(17)33-27-34-28(37)36(25-15-32-14-20-4-2-3-5-22(20)25)29(38)35(27)16-18-6-7-23(30)21(11-18)13-31/h2-7,10-12,14-15H,8-9,16H2,1H3,(H,33,34,37). The number of aryl methyl sites for hydroxylation is 1. The van der Waals surface area contributed by atoms with Gasteiger partial charge >= 0.3 is 11.4 Å². The summed E-state index contributed by atoms with van der Waals surface area (Å²) in [5.74, 6) is 0.157. The number of nitriles is 1. The lowest BCUT2D eigenvalue weighted by Gasteiger charge is -2.18. The summed E-state index contributed by atoms with van der Waals surface area (Å²) in [5.41, 5.74) is 1.69. The van der Waals surface area contributed by atoms with Crippen molar-refractivity contribution in [2.45, 2.75) is 19.9 Å². The van der Waals surface area contributed by atoms with Crippen molar-refractivity contribution in [3.63, 3.8) is 0 Å². The normalized spacial score (nSPS) is 12.1. The van der Waals surface area contributed by atoms with Crippen LogP contribution in [0.1, 0.15) is 22.3 Å². The van der Waals surface area contributed by atoms with E-state index in [0.717, 1.165) is 33.3 Å². The summed E-state index contributed by atoms with van der Waals surface area (Å²) in [6, 6.07) is 16.9. The first-order valence-electron chi connectivity index (χ1n) is 12.2. The number of fused-ring (bicyclic) bond motifs is 2. The molecule has 3 heterocycles. The van der Waals surface area contributed by atoms with E-state index in [4.69, 9.17) is 4.74 Å². The van der Waals surface area contributed by atoms with Crippen LogP contribution in [0.3, 0.4) is 0 Å². The average molecular weight is 521 g/mol. The number of ether oxygens (including phenoxy) is 1. The molecule has 1 aliphatic rings. The molecule has 0 saturated carbocycles. The minimum atomic E-state index is -0.782. The van der Waals surface area contributed by atoms with Gasteiger partial charge in [0.15, 0.2) is 0 Å². The van der Waals surface area contributed by atoms with Crippen LogP contribution in [-0.2, 0) is 13.0 Å². The second kappa shape index (κ2) is 9.54. The number of hydrogen-bond acceptors (Lipinski definition) is 7. The lowest BCUT2D eigenvalue weighted by Crippen LogP contribution is -2.42. The van der Waals surface area contributed by atoms with Gasteiger partial charge in [-0.3, -0.25) is 9.55 Å². The van der Waals surface area contributed by atoms with Crippen LogP contribution >= 0.6 is 0 Å². The Bertz CT molecular complexity index is 1930. The number of nitrogens with one attached hydrogen (secondary N) is 1. The second-order valence-electron chi connectivity index (χ2n) is 9.23. The van der Waals surface area contributed by atoms with Crippen molar-refractivity contribution < 1.29 is 9.13 Å². The molecule has 0 radical (unpaired) electrons. The first-order chi connectivity index (χ1) is 18.9. The van der Waals surface area contributed by atoms with E-state index >= 15 is 0 Å². The molecular formula is C29H21FN6O3. The number of rotatable bonds is 5. The highest BCUT2D eigenvalue weighted by Gasteiger charge is 2.20. The van der Waals surface area contributed by atoms with Gasteiger partial charge < -0.3 is 10.1 Å². The molecule has 0 aliphatic carbocycles. The van der Waals surface area contributed by atoms with E-state index in [0.29, 0.717) is 28.9 Å². The van der Waals surface area contributed by atoms with Crippen LogP contribution in [0.15, 0.2) is 76.6 Å². The van der Waals surface area contributed by atoms with Crippen LogP contribution in [0, 0.1) is 24.1 Å². The zero-order valence-corrected chi connectivity index (χ0v) is 20.8. The number of pyridine rings is 1. The Morgan fingerprint density at radius 2 is 1.97 bits per heavy atom. The van der Waals surface area contributed by atoms with Gasteiger partial charge in [0.25, 0.3) is 0 Å². The van der Waals surface area contributed by atoms with Crippen LogP contribution in [0.4, 0.5) is 16.0 Å². The molecule has 6 rings (SSSR count). The third-order valence-electron chi connectivity index (χ3n) is 6.73. The first-order valence-corrected chi connectivity index (χ1v) is 12.2. The number of hydrogen-bond donors (Lipinski definition) is 1. The zero-order chi connectivity index (χ0) is 27.1. The number of anilines is 2. The topological polar surface area (TPSA) is 115 Å². The van der Waals surface area contributed by atoms with Gasteiger partial charge in [0.05, 0.1) is 30.6 Å². The maximum Gasteiger partial charge on any atom is 0.359 e. The fourth-order valence-electron chi connectivity index (χ4n) is 4.74. The van der Waals surface area contributed by atoms with Crippen molar-refractivity contribution in [3.05, 3.63) is 116 Å². The quantitative estimate of drug-likeness (QED) is 0.373. The minimum Gasteiger partial charge on any atom is -0.493 e. The molecular weight excluding hydrogens is 499 g/mol. The van der Waals surface area contributed by atoms with E-state index in [2.05, 4.69) is 15.3 Å². The molecule has 1 N–H and O–H groups in total. The maximum atomic E-state index is 14.0. The van der Waals surface area contributed by atoms with Crippen molar-refractivity contribution in [2.75, 3.05) is 11.9 Å². The summed E-state index contributed by atoms with van der Waals surface area (Å²) in [5, 5.41) is 13.9. The zero-order valence-electron chi connectivity index (χ0n) is 20.8. The van der Waals surface area contributed by atoms with Gasteiger partial charge in [-0.25, -0.2) is 18.5 Å². The van der Waals surface area contributed by atoms with Gasteiger partial charge in [0.2, 0.25) is 5.95 Å². The number of benzene rings is 3. The van der Waals surface area contributed by atoms with Crippen molar-refractivity contribution in [1.82, 2.24) is 19.1 Å². The maximum absolute atomic E-state index is 14.0. The molecule has 192 valence electrons. The van der Waals surface area contributed by atoms with Gasteiger partial charge in [-0.05, 0) is 47.9 Å². The molecule has 0 spiro atoms. The third-order valence-corrected chi connectivity index (χ3v) is 6.73. The summed E-state index contributed by atoms with van der Waals surface area (Å²) >= 11 is 0. The Labute approximate surface area is 221 Å². The van der Waals surface area contributed by atoms with Crippen LogP contribution < -0.4 is 21.4 Å². The predicted octanol–water partition coefficient (Wildman–Crippen LogP) is 3.99.